The van der Waals surface area contributed by atoms with Gasteiger partial charge in [-0.25, -0.2) is 14.4 Å². The molecular weight excluding hydrogens is 372 g/mol. The Kier molecular flexibility index (Phi) is 6.63. The Balaban J connectivity index is 2.07. The molecule has 0 atom stereocenters. The highest BCUT2D eigenvalue weighted by Crippen LogP contribution is 2.17. The van der Waals surface area contributed by atoms with E-state index in [0.29, 0.717) is 4.73 Å². The van der Waals surface area contributed by atoms with E-state index in [1.165, 1.54) is 44.6 Å². The monoisotopic (exact) mass is 388 g/mol. The van der Waals surface area contributed by atoms with E-state index in [1.54, 1.807) is 0 Å². The first kappa shape index (κ1) is 20.4. The standard InChI is InChI=1S/C18H16N2O8/c1-26-16(22)12-7-13(17(23)27-2)9-14(8-12)19-15(21)10-28-18(24)11-3-5-20(25)6-4-11/h3-9H,10H2,1-2H3,(H,19,21). The van der Waals surface area contributed by atoms with Crippen LogP contribution in [0.5, 0.6) is 0 Å². The first-order valence-corrected chi connectivity index (χ1v) is 7.81. The highest BCUT2D eigenvalue weighted by molar-refractivity contribution is 6.00. The molecule has 1 aromatic heterocycles. The molecule has 0 aliphatic rings. The Bertz CT molecular complexity index is 874. The van der Waals surface area contributed by atoms with Gasteiger partial charge in [0.25, 0.3) is 5.91 Å². The molecule has 0 spiro atoms. The lowest BCUT2D eigenvalue weighted by atomic mass is 10.1. The first-order valence-electron chi connectivity index (χ1n) is 7.81. The van der Waals surface area contributed by atoms with Gasteiger partial charge in [0.15, 0.2) is 19.0 Å². The van der Waals surface area contributed by atoms with Gasteiger partial charge in [0.1, 0.15) is 0 Å². The van der Waals surface area contributed by atoms with Gasteiger partial charge in [-0.3, -0.25) is 4.79 Å². The number of carbonyl (C=O) groups is 4. The quantitative estimate of drug-likeness (QED) is 0.330. The summed E-state index contributed by atoms with van der Waals surface area (Å²) in [4.78, 5) is 47.3. The minimum atomic E-state index is -0.797. The van der Waals surface area contributed by atoms with Crippen LogP contribution in [0.4, 0.5) is 5.69 Å². The number of amides is 1. The summed E-state index contributed by atoms with van der Waals surface area (Å²) in [5.41, 5.74) is 0.248. The summed E-state index contributed by atoms with van der Waals surface area (Å²) < 4.78 is 14.6. The average Bonchev–Trinajstić information content (AvgIpc) is 2.70. The van der Waals surface area contributed by atoms with Crippen LogP contribution >= 0.6 is 0 Å². The number of aromatic nitrogens is 1. The van der Waals surface area contributed by atoms with Crippen molar-refractivity contribution in [2.45, 2.75) is 0 Å². The van der Waals surface area contributed by atoms with E-state index < -0.39 is 30.4 Å². The number of nitrogens with zero attached hydrogens (tertiary/aromatic N) is 1. The molecule has 0 bridgehead atoms. The highest BCUT2D eigenvalue weighted by Gasteiger charge is 2.16. The molecule has 0 radical (unpaired) electrons. The summed E-state index contributed by atoms with van der Waals surface area (Å²) in [6, 6.07) is 6.33. The predicted octanol–water partition coefficient (Wildman–Crippen LogP) is 0.689. The number of methoxy groups -OCH3 is 2. The topological polar surface area (TPSA) is 135 Å². The number of ether oxygens (including phenoxy) is 3. The fourth-order valence-corrected chi connectivity index (χ4v) is 2.13. The van der Waals surface area contributed by atoms with Gasteiger partial charge in [0.05, 0.1) is 30.9 Å². The maximum atomic E-state index is 12.0. The first-order chi connectivity index (χ1) is 13.3. The molecule has 1 heterocycles. The number of pyridine rings is 1. The molecule has 0 aliphatic carbocycles. The number of hydrogen-bond donors (Lipinski definition) is 1. The van der Waals surface area contributed by atoms with Gasteiger partial charge in [-0.1, -0.05) is 0 Å². The molecule has 0 unspecified atom stereocenters. The van der Waals surface area contributed by atoms with Gasteiger partial charge in [0.2, 0.25) is 0 Å². The predicted molar refractivity (Wildman–Crippen MR) is 93.4 cm³/mol. The molecule has 2 aromatic rings. The largest absolute Gasteiger partial charge is 0.619 e. The molecule has 28 heavy (non-hydrogen) atoms. The molecule has 146 valence electrons. The van der Waals surface area contributed by atoms with Gasteiger partial charge >= 0.3 is 17.9 Å². The lowest BCUT2D eigenvalue weighted by Gasteiger charge is -2.10. The number of rotatable bonds is 6. The van der Waals surface area contributed by atoms with Crippen molar-refractivity contribution in [1.82, 2.24) is 0 Å². The van der Waals surface area contributed by atoms with Crippen LogP contribution in [0.1, 0.15) is 31.1 Å². The Morgan fingerprint density at radius 3 is 1.93 bits per heavy atom. The lowest BCUT2D eigenvalue weighted by molar-refractivity contribution is -0.605. The summed E-state index contributed by atoms with van der Waals surface area (Å²) in [6.07, 6.45) is 2.23. The second-order valence-electron chi connectivity index (χ2n) is 5.35. The van der Waals surface area contributed by atoms with Crippen LogP contribution in [0.25, 0.3) is 0 Å². The van der Waals surface area contributed by atoms with E-state index in [2.05, 4.69) is 14.8 Å². The van der Waals surface area contributed by atoms with Crippen LogP contribution in [0.2, 0.25) is 0 Å². The van der Waals surface area contributed by atoms with Crippen LogP contribution in [0.15, 0.2) is 42.7 Å². The molecule has 1 N–H and O–H groups in total. The Morgan fingerprint density at radius 1 is 0.893 bits per heavy atom. The van der Waals surface area contributed by atoms with Crippen LogP contribution < -0.4 is 10.0 Å². The Labute approximate surface area is 159 Å². The minimum Gasteiger partial charge on any atom is -0.619 e. The average molecular weight is 388 g/mol. The van der Waals surface area contributed by atoms with E-state index >= 15 is 0 Å². The number of benzene rings is 1. The zero-order valence-corrected chi connectivity index (χ0v) is 15.0. The van der Waals surface area contributed by atoms with E-state index in [4.69, 9.17) is 4.74 Å². The third-order valence-electron chi connectivity index (χ3n) is 3.43. The van der Waals surface area contributed by atoms with Crippen molar-refractivity contribution in [3.8, 4) is 0 Å². The van der Waals surface area contributed by atoms with Crippen LogP contribution in [0, 0.1) is 5.21 Å². The zero-order valence-electron chi connectivity index (χ0n) is 15.0. The van der Waals surface area contributed by atoms with Crippen molar-refractivity contribution in [3.05, 3.63) is 64.6 Å². The number of anilines is 1. The number of carbonyl (C=O) groups excluding carboxylic acids is 4. The van der Waals surface area contributed by atoms with E-state index in [0.717, 1.165) is 12.4 Å². The zero-order chi connectivity index (χ0) is 20.7. The third-order valence-corrected chi connectivity index (χ3v) is 3.43. The molecule has 10 nitrogen and oxygen atoms in total. The molecular formula is C18H16N2O8. The van der Waals surface area contributed by atoms with Crippen molar-refractivity contribution in [1.29, 1.82) is 0 Å². The third kappa shape index (κ3) is 5.27. The van der Waals surface area contributed by atoms with Gasteiger partial charge in [-0.2, -0.15) is 4.73 Å². The van der Waals surface area contributed by atoms with Crippen LogP contribution in [0.3, 0.4) is 0 Å². The van der Waals surface area contributed by atoms with Gasteiger partial charge in [0, 0.05) is 17.8 Å². The summed E-state index contributed by atoms with van der Waals surface area (Å²) in [5.74, 6) is -2.94. The molecule has 2 rings (SSSR count). The molecule has 0 saturated carbocycles. The number of nitrogens with one attached hydrogen (secondary N) is 1. The Hall–Kier alpha value is -3.95. The maximum absolute atomic E-state index is 12.0. The summed E-state index contributed by atoms with van der Waals surface area (Å²) >= 11 is 0. The van der Waals surface area contributed by atoms with Crippen molar-refractivity contribution in [2.24, 2.45) is 0 Å². The lowest BCUT2D eigenvalue weighted by Crippen LogP contribution is -2.25. The van der Waals surface area contributed by atoms with Crippen molar-refractivity contribution in [2.75, 3.05) is 26.1 Å². The summed E-state index contributed by atoms with van der Waals surface area (Å²) in [5, 5.41) is 13.4. The van der Waals surface area contributed by atoms with E-state index in [-0.39, 0.29) is 22.4 Å². The van der Waals surface area contributed by atoms with E-state index in [1.807, 2.05) is 0 Å². The number of esters is 3. The van der Waals surface area contributed by atoms with Gasteiger partial charge < -0.3 is 24.7 Å². The number of hydrogen-bond acceptors (Lipinski definition) is 8. The van der Waals surface area contributed by atoms with Gasteiger partial charge in [-0.05, 0) is 18.2 Å². The normalized spacial score (nSPS) is 9.93. The maximum Gasteiger partial charge on any atom is 0.339 e. The van der Waals surface area contributed by atoms with Crippen molar-refractivity contribution >= 4 is 29.5 Å². The smallest absolute Gasteiger partial charge is 0.339 e. The second-order valence-corrected chi connectivity index (χ2v) is 5.35. The SMILES string of the molecule is COC(=O)c1cc(NC(=O)COC(=O)c2cc[n+]([O-])cc2)cc(C(=O)OC)c1. The van der Waals surface area contributed by atoms with E-state index in [9.17, 15) is 24.4 Å². The second kappa shape index (κ2) is 9.12. The van der Waals surface area contributed by atoms with Crippen molar-refractivity contribution < 1.29 is 38.1 Å². The molecule has 1 amide bonds. The van der Waals surface area contributed by atoms with Gasteiger partial charge in [-0.15, -0.1) is 0 Å². The summed E-state index contributed by atoms with van der Waals surface area (Å²) in [7, 11) is 2.34. The molecule has 0 aliphatic heterocycles. The Morgan fingerprint density at radius 2 is 1.43 bits per heavy atom. The van der Waals surface area contributed by atoms with Crippen molar-refractivity contribution in [3.63, 3.8) is 0 Å². The van der Waals surface area contributed by atoms with Crippen LogP contribution in [-0.4, -0.2) is 44.6 Å². The van der Waals surface area contributed by atoms with Crippen LogP contribution in [-0.2, 0) is 19.0 Å². The molecule has 10 heteroatoms. The molecule has 0 saturated heterocycles. The fourth-order valence-electron chi connectivity index (χ4n) is 2.13. The molecule has 0 fully saturated rings. The fraction of sp³-hybridized carbons (Fsp3) is 0.167. The minimum absolute atomic E-state index is 0.0212. The molecule has 1 aromatic carbocycles. The summed E-state index contributed by atoms with van der Waals surface area (Å²) in [6.45, 7) is -0.624. The highest BCUT2D eigenvalue weighted by atomic mass is 16.5.